The number of benzene rings is 1. The van der Waals surface area contributed by atoms with E-state index in [0.717, 1.165) is 9.87 Å². The van der Waals surface area contributed by atoms with Gasteiger partial charge in [0.05, 0.1) is 29.9 Å². The van der Waals surface area contributed by atoms with Gasteiger partial charge in [0.25, 0.3) is 0 Å². The molecule has 1 fully saturated rings. The van der Waals surface area contributed by atoms with Crippen molar-refractivity contribution in [3.05, 3.63) is 29.8 Å². The van der Waals surface area contributed by atoms with Crippen molar-refractivity contribution < 1.29 is 21.6 Å². The number of aryl methyl sites for hydroxylation is 1. The van der Waals surface area contributed by atoms with Crippen molar-refractivity contribution in [3.63, 3.8) is 0 Å². The number of nitrogens with zero attached hydrogens (tertiary/aromatic N) is 1. The van der Waals surface area contributed by atoms with Crippen LogP contribution in [0.3, 0.4) is 0 Å². The van der Waals surface area contributed by atoms with Gasteiger partial charge in [0.1, 0.15) is 0 Å². The monoisotopic (exact) mass is 362 g/mol. The van der Waals surface area contributed by atoms with Gasteiger partial charge in [-0.15, -0.1) is 0 Å². The molecule has 0 aromatic heterocycles. The van der Waals surface area contributed by atoms with Crippen molar-refractivity contribution in [2.75, 3.05) is 33.1 Å². The van der Waals surface area contributed by atoms with Crippen molar-refractivity contribution in [1.82, 2.24) is 9.03 Å². The van der Waals surface area contributed by atoms with Crippen LogP contribution in [0.25, 0.3) is 0 Å². The number of hydrogen-bond donors (Lipinski definition) is 1. The van der Waals surface area contributed by atoms with Crippen LogP contribution in [-0.2, 0) is 24.8 Å². The molecule has 0 aliphatic carbocycles. The fraction of sp³-hybridized carbons (Fsp3) is 0.571. The summed E-state index contributed by atoms with van der Waals surface area (Å²) in [5, 5.41) is 0. The summed E-state index contributed by atoms with van der Waals surface area (Å²) >= 11 is 0. The van der Waals surface area contributed by atoms with Crippen molar-refractivity contribution >= 4 is 20.0 Å². The van der Waals surface area contributed by atoms with Crippen LogP contribution in [-0.4, -0.2) is 60.2 Å². The predicted octanol–water partition coefficient (Wildman–Crippen LogP) is 0.180. The molecule has 2 atom stereocenters. The van der Waals surface area contributed by atoms with Crippen LogP contribution in [0.2, 0.25) is 0 Å². The van der Waals surface area contributed by atoms with Gasteiger partial charge in [0, 0.05) is 20.0 Å². The Morgan fingerprint density at radius 2 is 1.91 bits per heavy atom. The fourth-order valence-electron chi connectivity index (χ4n) is 2.36. The van der Waals surface area contributed by atoms with Gasteiger partial charge in [-0.1, -0.05) is 12.1 Å². The lowest BCUT2D eigenvalue weighted by atomic mass is 10.1. The molecule has 1 saturated heterocycles. The van der Waals surface area contributed by atoms with Crippen LogP contribution in [0.5, 0.6) is 0 Å². The second kappa shape index (κ2) is 6.86. The summed E-state index contributed by atoms with van der Waals surface area (Å²) in [6, 6.07) is 6.00. The van der Waals surface area contributed by atoms with E-state index in [9.17, 15) is 16.8 Å². The maximum absolute atomic E-state index is 12.5. The van der Waals surface area contributed by atoms with Gasteiger partial charge >= 0.3 is 0 Å². The third-order valence-corrected chi connectivity index (χ3v) is 7.24. The smallest absolute Gasteiger partial charge is 0.240 e. The maximum Gasteiger partial charge on any atom is 0.240 e. The van der Waals surface area contributed by atoms with E-state index in [4.69, 9.17) is 4.74 Å². The second-order valence-electron chi connectivity index (χ2n) is 5.90. The quantitative estimate of drug-likeness (QED) is 0.779. The Bertz CT molecular complexity index is 759. The standard InChI is InChI=1S/C14H22N2O5S2/c1-11-5-4-6-13(7-11)23(19,20)15-14-9-21-8-12(14)10-22(17,18)16(2)3/h4-7,12,14-15H,8-10H2,1-3H3. The maximum atomic E-state index is 12.5. The molecule has 0 spiro atoms. The van der Waals surface area contributed by atoms with E-state index in [0.29, 0.717) is 0 Å². The van der Waals surface area contributed by atoms with Crippen LogP contribution in [0, 0.1) is 12.8 Å². The minimum absolute atomic E-state index is 0.152. The van der Waals surface area contributed by atoms with Crippen LogP contribution in [0.15, 0.2) is 29.2 Å². The van der Waals surface area contributed by atoms with E-state index in [1.165, 1.54) is 20.2 Å². The number of ether oxygens (including phenoxy) is 1. The largest absolute Gasteiger partial charge is 0.379 e. The zero-order chi connectivity index (χ0) is 17.3. The number of rotatable bonds is 6. The summed E-state index contributed by atoms with van der Waals surface area (Å²) in [7, 11) is -4.23. The Labute approximate surface area is 137 Å². The molecular weight excluding hydrogens is 340 g/mol. The van der Waals surface area contributed by atoms with E-state index in [-0.39, 0.29) is 23.9 Å². The molecule has 0 radical (unpaired) electrons. The highest BCUT2D eigenvalue weighted by atomic mass is 32.2. The molecule has 2 unspecified atom stereocenters. The summed E-state index contributed by atoms with van der Waals surface area (Å²) in [5.74, 6) is -0.567. The first-order valence-electron chi connectivity index (χ1n) is 7.19. The number of hydrogen-bond acceptors (Lipinski definition) is 5. The first-order chi connectivity index (χ1) is 10.6. The summed E-state index contributed by atoms with van der Waals surface area (Å²) in [4.78, 5) is 0.165. The highest BCUT2D eigenvalue weighted by Crippen LogP contribution is 2.20. The van der Waals surface area contributed by atoms with Crippen molar-refractivity contribution in [3.8, 4) is 0 Å². The minimum Gasteiger partial charge on any atom is -0.379 e. The van der Waals surface area contributed by atoms with Gasteiger partial charge in [-0.05, 0) is 24.6 Å². The summed E-state index contributed by atoms with van der Waals surface area (Å²) in [6.45, 7) is 2.19. The van der Waals surface area contributed by atoms with Gasteiger partial charge in [-0.2, -0.15) is 0 Å². The molecule has 1 N–H and O–H groups in total. The van der Waals surface area contributed by atoms with Crippen LogP contribution < -0.4 is 4.72 Å². The van der Waals surface area contributed by atoms with Gasteiger partial charge in [0.2, 0.25) is 20.0 Å². The molecular formula is C14H22N2O5S2. The molecule has 0 bridgehead atoms. The summed E-state index contributed by atoms with van der Waals surface area (Å²) in [6.07, 6.45) is 0. The first-order valence-corrected chi connectivity index (χ1v) is 10.3. The summed E-state index contributed by atoms with van der Waals surface area (Å²) < 4.78 is 57.9. The lowest BCUT2D eigenvalue weighted by Gasteiger charge is -2.21. The van der Waals surface area contributed by atoms with Crippen LogP contribution >= 0.6 is 0 Å². The average Bonchev–Trinajstić information content (AvgIpc) is 2.84. The van der Waals surface area contributed by atoms with Gasteiger partial charge in [-0.25, -0.2) is 25.9 Å². The molecule has 1 aromatic carbocycles. The molecule has 1 aliphatic heterocycles. The van der Waals surface area contributed by atoms with E-state index in [1.807, 2.05) is 13.0 Å². The highest BCUT2D eigenvalue weighted by Gasteiger charge is 2.35. The molecule has 7 nitrogen and oxygen atoms in total. The fourth-order valence-corrected chi connectivity index (χ4v) is 4.92. The van der Waals surface area contributed by atoms with Crippen molar-refractivity contribution in [2.24, 2.45) is 5.92 Å². The molecule has 1 aliphatic rings. The van der Waals surface area contributed by atoms with Gasteiger partial charge in [0.15, 0.2) is 0 Å². The van der Waals surface area contributed by atoms with E-state index in [1.54, 1.807) is 12.1 Å². The SMILES string of the molecule is Cc1cccc(S(=O)(=O)NC2COCC2CS(=O)(=O)N(C)C)c1. The predicted molar refractivity (Wildman–Crippen MR) is 87.1 cm³/mol. The molecule has 2 rings (SSSR count). The lowest BCUT2D eigenvalue weighted by Crippen LogP contribution is -2.43. The zero-order valence-electron chi connectivity index (χ0n) is 13.4. The Balaban J connectivity index is 2.15. The van der Waals surface area contributed by atoms with Crippen LogP contribution in [0.1, 0.15) is 5.56 Å². The Morgan fingerprint density at radius 3 is 2.52 bits per heavy atom. The van der Waals surface area contributed by atoms with Crippen LogP contribution in [0.4, 0.5) is 0 Å². The summed E-state index contributed by atoms with van der Waals surface area (Å²) in [5.41, 5.74) is 0.835. The Morgan fingerprint density at radius 1 is 1.22 bits per heavy atom. The van der Waals surface area contributed by atoms with E-state index >= 15 is 0 Å². The van der Waals surface area contributed by atoms with Gasteiger partial charge < -0.3 is 4.74 Å². The van der Waals surface area contributed by atoms with Crippen molar-refractivity contribution in [1.29, 1.82) is 0 Å². The average molecular weight is 362 g/mol. The molecule has 1 heterocycles. The first kappa shape index (κ1) is 18.3. The molecule has 1 aromatic rings. The van der Waals surface area contributed by atoms with Gasteiger partial charge in [-0.3, -0.25) is 0 Å². The number of sulfonamides is 2. The zero-order valence-corrected chi connectivity index (χ0v) is 15.0. The minimum atomic E-state index is -3.71. The molecule has 0 saturated carbocycles. The molecule has 0 amide bonds. The molecule has 130 valence electrons. The normalized spacial score (nSPS) is 22.6. The second-order valence-corrected chi connectivity index (χ2v) is 9.84. The Kier molecular flexibility index (Phi) is 5.47. The number of nitrogens with one attached hydrogen (secondary N) is 1. The molecule has 23 heavy (non-hydrogen) atoms. The van der Waals surface area contributed by atoms with Crippen molar-refractivity contribution in [2.45, 2.75) is 17.9 Å². The van der Waals surface area contributed by atoms with E-state index < -0.39 is 32.0 Å². The third-order valence-electron chi connectivity index (χ3n) is 3.79. The third kappa shape index (κ3) is 4.51. The molecule has 9 heteroatoms. The topological polar surface area (TPSA) is 92.8 Å². The highest BCUT2D eigenvalue weighted by molar-refractivity contribution is 7.89. The Hall–Kier alpha value is -1.00. The van der Waals surface area contributed by atoms with E-state index in [2.05, 4.69) is 4.72 Å². The lowest BCUT2D eigenvalue weighted by molar-refractivity contribution is 0.185.